The summed E-state index contributed by atoms with van der Waals surface area (Å²) in [6.07, 6.45) is 3.06. The third-order valence-corrected chi connectivity index (χ3v) is 11.1. The van der Waals surface area contributed by atoms with E-state index < -0.39 is 32.4 Å². The number of ether oxygens (including phenoxy) is 3. The molecular weight excluding hydrogens is 715 g/mol. The van der Waals surface area contributed by atoms with Gasteiger partial charge in [0.25, 0.3) is 8.53 Å². The molecule has 0 bridgehead atoms. The maximum absolute atomic E-state index is 11.6. The Labute approximate surface area is 325 Å². The van der Waals surface area contributed by atoms with E-state index in [9.17, 15) is 10.2 Å². The quantitative estimate of drug-likeness (QED) is 0.0403. The molecule has 0 fully saturated rings. The number of fused-ring (bicyclic) bond motifs is 1. The van der Waals surface area contributed by atoms with E-state index in [1.54, 1.807) is 26.9 Å². The molecule has 0 radical (unpaired) electrons. The van der Waals surface area contributed by atoms with Gasteiger partial charge < -0.3 is 28.5 Å². The van der Waals surface area contributed by atoms with Crippen LogP contribution in [0.3, 0.4) is 0 Å². The molecule has 4 atom stereocenters. The number of aliphatic imine (C=N–C) groups is 1. The van der Waals surface area contributed by atoms with E-state index in [4.69, 9.17) is 28.7 Å². The molecule has 0 saturated heterocycles. The van der Waals surface area contributed by atoms with Gasteiger partial charge in [-0.1, -0.05) is 61.5 Å². The molecule has 0 aliphatic carbocycles. The first-order chi connectivity index (χ1) is 26.4. The van der Waals surface area contributed by atoms with E-state index in [2.05, 4.69) is 16.0 Å². The van der Waals surface area contributed by atoms with E-state index in [-0.39, 0.29) is 18.5 Å². The van der Waals surface area contributed by atoms with Crippen LogP contribution in [0, 0.1) is 17.2 Å². The Bertz CT molecular complexity index is 1980. The fraction of sp³-hybridized carbons (Fsp3) is 0.390. The van der Waals surface area contributed by atoms with Gasteiger partial charge in [-0.25, -0.2) is 24.6 Å². The largest absolute Gasteiger partial charge is 0.497 e. The van der Waals surface area contributed by atoms with E-state index in [1.165, 1.54) is 6.33 Å². The number of hydrogen-bond acceptors (Lipinski definition) is 11. The zero-order chi connectivity index (χ0) is 39.7. The molecule has 5 rings (SSSR count). The summed E-state index contributed by atoms with van der Waals surface area (Å²) in [6, 6.07) is 27.8. The fourth-order valence-electron chi connectivity index (χ4n) is 6.68. The normalized spacial score (nSPS) is 14.3. The molecule has 0 spiro atoms. The molecule has 0 amide bonds. The first-order valence-corrected chi connectivity index (χ1v) is 19.3. The molecule has 3 unspecified atom stereocenters. The number of methoxy groups -OCH3 is 2. The Morgan fingerprint density at radius 1 is 0.855 bits per heavy atom. The summed E-state index contributed by atoms with van der Waals surface area (Å²) >= 11 is 0. The second-order valence-corrected chi connectivity index (χ2v) is 15.1. The molecule has 55 heavy (non-hydrogen) atoms. The van der Waals surface area contributed by atoms with Crippen molar-refractivity contribution in [2.24, 2.45) is 10.9 Å². The van der Waals surface area contributed by atoms with E-state index in [0.717, 1.165) is 16.7 Å². The number of imidazole rings is 1. The zero-order valence-corrected chi connectivity index (χ0v) is 33.8. The van der Waals surface area contributed by atoms with Crippen LogP contribution in [-0.2, 0) is 14.9 Å². The average Bonchev–Trinajstić information content (AvgIpc) is 3.62. The Kier molecular flexibility index (Phi) is 13.9. The van der Waals surface area contributed by atoms with Crippen molar-refractivity contribution in [1.82, 2.24) is 29.1 Å². The van der Waals surface area contributed by atoms with Crippen LogP contribution in [0.15, 0.2) is 96.5 Å². The molecule has 14 heteroatoms. The minimum absolute atomic E-state index is 0.00694. The minimum Gasteiger partial charge on any atom is -0.497 e. The number of rotatable bonds is 18. The van der Waals surface area contributed by atoms with Gasteiger partial charge in [-0.05, 0) is 68.7 Å². The van der Waals surface area contributed by atoms with Crippen molar-refractivity contribution in [3.8, 4) is 17.6 Å². The van der Waals surface area contributed by atoms with E-state index >= 15 is 0 Å². The number of nitriles is 1. The van der Waals surface area contributed by atoms with Crippen molar-refractivity contribution in [3.63, 3.8) is 0 Å². The lowest BCUT2D eigenvalue weighted by Gasteiger charge is -2.42. The molecule has 0 aliphatic rings. The Morgan fingerprint density at radius 3 is 1.93 bits per heavy atom. The van der Waals surface area contributed by atoms with Crippen LogP contribution in [0.25, 0.3) is 11.2 Å². The number of benzene rings is 3. The van der Waals surface area contributed by atoms with Gasteiger partial charge in [0.05, 0.1) is 45.5 Å². The van der Waals surface area contributed by atoms with Gasteiger partial charge in [0.15, 0.2) is 17.0 Å². The van der Waals surface area contributed by atoms with Crippen molar-refractivity contribution in [2.45, 2.75) is 71.1 Å². The molecular formula is C41H51N8O5P. The predicted octanol–water partition coefficient (Wildman–Crippen LogP) is 7.85. The fourth-order valence-corrected chi connectivity index (χ4v) is 8.08. The van der Waals surface area contributed by atoms with Crippen LogP contribution in [0.5, 0.6) is 11.5 Å². The van der Waals surface area contributed by atoms with Crippen LogP contribution in [0.4, 0.5) is 5.82 Å². The average molecular weight is 767 g/mol. The van der Waals surface area contributed by atoms with Gasteiger partial charge in [0, 0.05) is 32.1 Å². The SMILES string of the molecule is COc1ccc(C(OC(C(C)C(CC#N)O[P@](O)N(C(C)C)C(C)C)n2cnc3c(/N=C\N(C)C)ncnc32)(c2ccccc2)c2ccc(OC)cc2)cc1. The smallest absolute Gasteiger partial charge is 0.256 e. The molecule has 1 N–H and O–H groups in total. The Hall–Kier alpha value is -4.96. The molecule has 290 valence electrons. The van der Waals surface area contributed by atoms with Gasteiger partial charge in [-0.3, -0.25) is 4.57 Å². The maximum Gasteiger partial charge on any atom is 0.256 e. The molecule has 2 heterocycles. The summed E-state index contributed by atoms with van der Waals surface area (Å²) in [6.45, 7) is 10.00. The second kappa shape index (κ2) is 18.6. The van der Waals surface area contributed by atoms with Crippen molar-refractivity contribution >= 4 is 31.8 Å². The summed E-state index contributed by atoms with van der Waals surface area (Å²) in [5, 5.41) is 10.2. The zero-order valence-electron chi connectivity index (χ0n) is 32.9. The summed E-state index contributed by atoms with van der Waals surface area (Å²) in [4.78, 5) is 31.9. The summed E-state index contributed by atoms with van der Waals surface area (Å²) in [7, 11) is 4.92. The van der Waals surface area contributed by atoms with Crippen molar-refractivity contribution in [1.29, 1.82) is 5.26 Å². The number of hydrogen-bond donors (Lipinski definition) is 1. The standard InChI is InChI=1S/C41H51N8O5P/c1-28(2)49(29(3)4)55(50)54-36(23-24-42)30(5)40(48-27-45-37-38(46-26-47(6)7)43-25-44-39(37)48)53-41(31-13-11-10-12-14-31,32-15-19-34(51-8)20-16-32)33-17-21-35(52-9)22-18-33/h10-22,25-30,36,40,50H,23H2,1-9H3/b46-26-/t30?,36?,40?,55-/m0/s1. The van der Waals surface area contributed by atoms with Crippen LogP contribution in [0.1, 0.15) is 64.0 Å². The first-order valence-electron chi connectivity index (χ1n) is 18.2. The van der Waals surface area contributed by atoms with Crippen LogP contribution >= 0.6 is 8.53 Å². The van der Waals surface area contributed by atoms with Gasteiger partial charge in [0.2, 0.25) is 0 Å². The van der Waals surface area contributed by atoms with Gasteiger partial charge in [-0.2, -0.15) is 5.26 Å². The predicted molar refractivity (Wildman–Crippen MR) is 215 cm³/mol. The molecule has 3 aromatic carbocycles. The van der Waals surface area contributed by atoms with Crippen molar-refractivity contribution in [2.75, 3.05) is 28.3 Å². The third kappa shape index (κ3) is 9.13. The summed E-state index contributed by atoms with van der Waals surface area (Å²) in [5.74, 6) is 1.19. The maximum atomic E-state index is 11.6. The van der Waals surface area contributed by atoms with Gasteiger partial charge in [-0.15, -0.1) is 0 Å². The Morgan fingerprint density at radius 2 is 1.42 bits per heavy atom. The highest BCUT2D eigenvalue weighted by Crippen LogP contribution is 2.49. The minimum atomic E-state index is -2.09. The van der Waals surface area contributed by atoms with Crippen LogP contribution < -0.4 is 9.47 Å². The molecule has 13 nitrogen and oxygen atoms in total. The summed E-state index contributed by atoms with van der Waals surface area (Å²) in [5.41, 5.74) is 2.13. The molecule has 2 aromatic heterocycles. The van der Waals surface area contributed by atoms with Crippen LogP contribution in [-0.4, -0.2) is 86.8 Å². The topological polar surface area (TPSA) is 143 Å². The van der Waals surface area contributed by atoms with Crippen molar-refractivity contribution in [3.05, 3.63) is 108 Å². The highest BCUT2D eigenvalue weighted by Gasteiger charge is 2.44. The van der Waals surface area contributed by atoms with E-state index in [1.807, 2.05) is 142 Å². The third-order valence-electron chi connectivity index (χ3n) is 9.31. The van der Waals surface area contributed by atoms with Gasteiger partial charge in [0.1, 0.15) is 29.7 Å². The molecule has 5 aromatic rings. The van der Waals surface area contributed by atoms with Crippen molar-refractivity contribution < 1.29 is 23.6 Å². The second-order valence-electron chi connectivity index (χ2n) is 13.9. The molecule has 0 saturated carbocycles. The van der Waals surface area contributed by atoms with Crippen LogP contribution in [0.2, 0.25) is 0 Å². The lowest BCUT2D eigenvalue weighted by Crippen LogP contribution is -2.41. The van der Waals surface area contributed by atoms with Gasteiger partial charge >= 0.3 is 0 Å². The Balaban J connectivity index is 1.79. The first kappa shape index (κ1) is 41.2. The number of nitrogens with zero attached hydrogens (tertiary/aromatic N) is 8. The summed E-state index contributed by atoms with van der Waals surface area (Å²) < 4.78 is 29.1. The molecule has 0 aliphatic heterocycles. The van der Waals surface area contributed by atoms with E-state index in [0.29, 0.717) is 28.5 Å². The number of aromatic nitrogens is 4. The lowest BCUT2D eigenvalue weighted by atomic mass is 9.79. The highest BCUT2D eigenvalue weighted by molar-refractivity contribution is 7.43. The highest BCUT2D eigenvalue weighted by atomic mass is 31.2. The lowest BCUT2D eigenvalue weighted by molar-refractivity contribution is -0.129. The monoisotopic (exact) mass is 766 g/mol.